The molecule has 35 heavy (non-hydrogen) atoms. The zero-order valence-electron chi connectivity index (χ0n) is 19.0. The standard InChI is InChI=1S/C25H23F4N3O3/c1-3-35-23(34)19-12-18(33)13-32(19)22-20(16-6-4-5-14(2)11-16)21(15-7-9-17(26)10-8-15)30-24(31-22)25(27,28)29/h4-11,18-19,33H,3,12-13H2,1-2H3/t18-,19-/m1/s1. The third-order valence-electron chi connectivity index (χ3n) is 5.68. The van der Waals surface area contributed by atoms with E-state index in [0.29, 0.717) is 5.56 Å². The van der Waals surface area contributed by atoms with Crippen molar-refractivity contribution >= 4 is 11.8 Å². The average Bonchev–Trinajstić information content (AvgIpc) is 3.20. The lowest BCUT2D eigenvalue weighted by Crippen LogP contribution is -2.38. The molecule has 6 nitrogen and oxygen atoms in total. The van der Waals surface area contributed by atoms with E-state index in [1.807, 2.05) is 13.0 Å². The van der Waals surface area contributed by atoms with Crippen LogP contribution in [-0.4, -0.2) is 46.3 Å². The summed E-state index contributed by atoms with van der Waals surface area (Å²) in [5, 5.41) is 10.3. The molecule has 0 spiro atoms. The number of nitrogens with zero attached hydrogens (tertiary/aromatic N) is 3. The Bertz CT molecular complexity index is 1230. The number of carbonyl (C=O) groups excluding carboxylic acids is 1. The van der Waals surface area contributed by atoms with E-state index in [4.69, 9.17) is 4.74 Å². The molecule has 2 aromatic carbocycles. The van der Waals surface area contributed by atoms with Crippen LogP contribution in [0.2, 0.25) is 0 Å². The topological polar surface area (TPSA) is 75.6 Å². The number of aliphatic hydroxyl groups is 1. The molecule has 2 atom stereocenters. The van der Waals surface area contributed by atoms with Gasteiger partial charge < -0.3 is 14.7 Å². The van der Waals surface area contributed by atoms with E-state index >= 15 is 0 Å². The summed E-state index contributed by atoms with van der Waals surface area (Å²) in [5.74, 6) is -2.80. The second-order valence-corrected chi connectivity index (χ2v) is 8.28. The summed E-state index contributed by atoms with van der Waals surface area (Å²) in [4.78, 5) is 21.7. The fraction of sp³-hybridized carbons (Fsp3) is 0.320. The van der Waals surface area contributed by atoms with Gasteiger partial charge in [0.1, 0.15) is 17.7 Å². The number of alkyl halides is 3. The van der Waals surface area contributed by atoms with Gasteiger partial charge in [-0.2, -0.15) is 13.2 Å². The summed E-state index contributed by atoms with van der Waals surface area (Å²) in [5.41, 5.74) is 1.75. The number of ether oxygens (including phenoxy) is 1. The van der Waals surface area contributed by atoms with Crippen molar-refractivity contribution < 1.29 is 32.2 Å². The van der Waals surface area contributed by atoms with Gasteiger partial charge in [0.2, 0.25) is 5.82 Å². The molecule has 0 saturated carbocycles. The van der Waals surface area contributed by atoms with Gasteiger partial charge in [-0.25, -0.2) is 19.2 Å². The van der Waals surface area contributed by atoms with Crippen molar-refractivity contribution in [3.05, 3.63) is 65.7 Å². The van der Waals surface area contributed by atoms with Gasteiger partial charge in [0.25, 0.3) is 0 Å². The number of carbonyl (C=O) groups is 1. The summed E-state index contributed by atoms with van der Waals surface area (Å²) in [7, 11) is 0. The van der Waals surface area contributed by atoms with E-state index in [2.05, 4.69) is 9.97 Å². The number of rotatable bonds is 5. The number of halogens is 4. The summed E-state index contributed by atoms with van der Waals surface area (Å²) in [6, 6.07) is 10.9. The number of β-amino-alcohol motifs (C(OH)–C–C–N with tert-alkyl or cyclic N) is 1. The van der Waals surface area contributed by atoms with Gasteiger partial charge in [-0.3, -0.25) is 0 Å². The van der Waals surface area contributed by atoms with Gasteiger partial charge >= 0.3 is 12.1 Å². The molecule has 1 N–H and O–H groups in total. The second kappa shape index (κ2) is 9.61. The van der Waals surface area contributed by atoms with E-state index in [9.17, 15) is 27.5 Å². The van der Waals surface area contributed by atoms with Gasteiger partial charge in [-0.05, 0) is 43.7 Å². The summed E-state index contributed by atoms with van der Waals surface area (Å²) < 4.78 is 60.5. The molecule has 0 amide bonds. The Morgan fingerprint density at radius 2 is 1.86 bits per heavy atom. The monoisotopic (exact) mass is 489 g/mol. The minimum Gasteiger partial charge on any atom is -0.464 e. The smallest absolute Gasteiger partial charge is 0.451 e. The summed E-state index contributed by atoms with van der Waals surface area (Å²) >= 11 is 0. The first-order valence-electron chi connectivity index (χ1n) is 11.0. The number of aliphatic hydroxyl groups excluding tert-OH is 1. The van der Waals surface area contributed by atoms with Crippen molar-refractivity contribution in [1.29, 1.82) is 0 Å². The Morgan fingerprint density at radius 1 is 1.14 bits per heavy atom. The van der Waals surface area contributed by atoms with Crippen molar-refractivity contribution in [3.63, 3.8) is 0 Å². The lowest BCUT2D eigenvalue weighted by Gasteiger charge is -2.28. The van der Waals surface area contributed by atoms with Gasteiger partial charge in [-0.15, -0.1) is 0 Å². The van der Waals surface area contributed by atoms with E-state index in [-0.39, 0.29) is 42.2 Å². The van der Waals surface area contributed by atoms with E-state index in [1.54, 1.807) is 25.1 Å². The average molecular weight is 489 g/mol. The SMILES string of the molecule is CCOC(=O)[C@H]1C[C@@H](O)CN1c1nc(C(F)(F)F)nc(-c2ccc(F)cc2)c1-c1cccc(C)c1. The van der Waals surface area contributed by atoms with Crippen LogP contribution in [0, 0.1) is 12.7 Å². The lowest BCUT2D eigenvalue weighted by atomic mass is 9.97. The molecule has 3 aromatic rings. The maximum absolute atomic E-state index is 13.9. The molecule has 0 aliphatic carbocycles. The molecule has 1 aliphatic heterocycles. The van der Waals surface area contributed by atoms with Crippen LogP contribution in [0.25, 0.3) is 22.4 Å². The fourth-order valence-electron chi connectivity index (χ4n) is 4.18. The summed E-state index contributed by atoms with van der Waals surface area (Å²) in [6.07, 6.45) is -5.90. The predicted octanol–water partition coefficient (Wildman–Crippen LogP) is 4.78. The zero-order valence-corrected chi connectivity index (χ0v) is 19.0. The van der Waals surface area contributed by atoms with Gasteiger partial charge in [0.15, 0.2) is 0 Å². The molecule has 10 heteroatoms. The van der Waals surface area contributed by atoms with Crippen LogP contribution < -0.4 is 4.90 Å². The maximum Gasteiger partial charge on any atom is 0.451 e. The third-order valence-corrected chi connectivity index (χ3v) is 5.68. The highest BCUT2D eigenvalue weighted by Crippen LogP contribution is 2.42. The van der Waals surface area contributed by atoms with Crippen LogP contribution in [0.15, 0.2) is 48.5 Å². The first-order valence-corrected chi connectivity index (χ1v) is 11.0. The molecule has 0 bridgehead atoms. The first-order chi connectivity index (χ1) is 16.6. The van der Waals surface area contributed by atoms with Gasteiger partial charge in [-0.1, -0.05) is 29.8 Å². The van der Waals surface area contributed by atoms with Gasteiger partial charge in [0.05, 0.1) is 24.0 Å². The summed E-state index contributed by atoms with van der Waals surface area (Å²) in [6.45, 7) is 3.39. The first kappa shape index (κ1) is 24.6. The largest absolute Gasteiger partial charge is 0.464 e. The molecule has 1 aromatic heterocycles. The van der Waals surface area contributed by atoms with Crippen LogP contribution in [0.4, 0.5) is 23.4 Å². The Hall–Kier alpha value is -3.53. The number of esters is 1. The lowest BCUT2D eigenvalue weighted by molar-refractivity contribution is -0.145. The van der Waals surface area contributed by atoms with Crippen molar-refractivity contribution in [2.45, 2.75) is 38.6 Å². The highest BCUT2D eigenvalue weighted by Gasteiger charge is 2.42. The third kappa shape index (κ3) is 5.12. The number of benzene rings is 2. The zero-order chi connectivity index (χ0) is 25.3. The maximum atomic E-state index is 13.9. The number of aromatic nitrogens is 2. The van der Waals surface area contributed by atoms with Crippen molar-refractivity contribution in [3.8, 4) is 22.4 Å². The number of hydrogen-bond acceptors (Lipinski definition) is 6. The van der Waals surface area contributed by atoms with Crippen molar-refractivity contribution in [2.24, 2.45) is 0 Å². The van der Waals surface area contributed by atoms with Crippen LogP contribution in [0.5, 0.6) is 0 Å². The Balaban J connectivity index is 2.04. The second-order valence-electron chi connectivity index (χ2n) is 8.28. The number of aryl methyl sites for hydroxylation is 1. The van der Waals surface area contributed by atoms with Crippen molar-refractivity contribution in [1.82, 2.24) is 9.97 Å². The number of anilines is 1. The van der Waals surface area contributed by atoms with E-state index < -0.39 is 35.9 Å². The molecule has 1 aliphatic rings. The van der Waals surface area contributed by atoms with Crippen molar-refractivity contribution in [2.75, 3.05) is 18.1 Å². The van der Waals surface area contributed by atoms with Crippen LogP contribution >= 0.6 is 0 Å². The molecule has 0 radical (unpaired) electrons. The highest BCUT2D eigenvalue weighted by atomic mass is 19.4. The fourth-order valence-corrected chi connectivity index (χ4v) is 4.18. The van der Waals surface area contributed by atoms with Crippen LogP contribution in [0.3, 0.4) is 0 Å². The molecule has 2 heterocycles. The minimum atomic E-state index is -4.90. The Labute approximate surface area is 199 Å². The molecule has 4 rings (SSSR count). The highest BCUT2D eigenvalue weighted by molar-refractivity contribution is 5.91. The predicted molar refractivity (Wildman–Crippen MR) is 121 cm³/mol. The minimum absolute atomic E-state index is 0.0245. The van der Waals surface area contributed by atoms with Crippen LogP contribution in [0.1, 0.15) is 24.7 Å². The molecule has 184 valence electrons. The molecule has 0 unspecified atom stereocenters. The normalized spacial score (nSPS) is 18.1. The molecule has 1 fully saturated rings. The molecular formula is C25H23F4N3O3. The number of hydrogen-bond donors (Lipinski definition) is 1. The quantitative estimate of drug-likeness (QED) is 0.411. The van der Waals surface area contributed by atoms with E-state index in [1.165, 1.54) is 17.0 Å². The van der Waals surface area contributed by atoms with Crippen LogP contribution in [-0.2, 0) is 15.7 Å². The Morgan fingerprint density at radius 3 is 2.49 bits per heavy atom. The van der Waals surface area contributed by atoms with E-state index in [0.717, 1.165) is 17.7 Å². The molecule has 1 saturated heterocycles. The Kier molecular flexibility index (Phi) is 6.75. The van der Waals surface area contributed by atoms with Gasteiger partial charge in [0, 0.05) is 18.5 Å². The molecular weight excluding hydrogens is 466 g/mol.